The van der Waals surface area contributed by atoms with Crippen molar-refractivity contribution in [3.05, 3.63) is 66.2 Å². The molecule has 0 saturated heterocycles. The van der Waals surface area contributed by atoms with Gasteiger partial charge in [-0.1, -0.05) is 36.4 Å². The van der Waals surface area contributed by atoms with Gasteiger partial charge in [0.25, 0.3) is 10.0 Å². The van der Waals surface area contributed by atoms with Crippen LogP contribution in [0.4, 0.5) is 0 Å². The third-order valence-electron chi connectivity index (χ3n) is 3.45. The summed E-state index contributed by atoms with van der Waals surface area (Å²) in [7, 11) is -3.84. The molecule has 0 bridgehead atoms. The fourth-order valence-electron chi connectivity index (χ4n) is 2.21. The van der Waals surface area contributed by atoms with E-state index in [1.807, 2.05) is 24.3 Å². The van der Waals surface area contributed by atoms with Gasteiger partial charge in [-0.25, -0.2) is 4.83 Å². The van der Waals surface area contributed by atoms with E-state index in [4.69, 9.17) is 0 Å². The van der Waals surface area contributed by atoms with Gasteiger partial charge in [0, 0.05) is 5.56 Å². The zero-order valence-corrected chi connectivity index (χ0v) is 13.2. The number of nitrogens with one attached hydrogen (secondary N) is 1. The number of phenolic OH excluding ortho intramolecular Hbond substituents is 2. The summed E-state index contributed by atoms with van der Waals surface area (Å²) < 4.78 is 24.6. The van der Waals surface area contributed by atoms with Gasteiger partial charge in [0.05, 0.1) is 11.1 Å². The van der Waals surface area contributed by atoms with Crippen molar-refractivity contribution >= 4 is 27.0 Å². The van der Waals surface area contributed by atoms with E-state index in [-0.39, 0.29) is 22.0 Å². The minimum atomic E-state index is -3.84. The smallest absolute Gasteiger partial charge is 0.276 e. The molecule has 0 unspecified atom stereocenters. The molecule has 0 aliphatic heterocycles. The molecule has 3 rings (SSSR count). The average Bonchev–Trinajstić information content (AvgIpc) is 2.58. The molecule has 0 atom stereocenters. The standard InChI is InChI=1S/C17H14N2O4S/c20-16-7-3-6-14(17(16)21)11-18-19-24(22,23)15-9-8-12-4-1-2-5-13(12)10-15/h1-11,19-21H. The number of hydrogen-bond acceptors (Lipinski definition) is 5. The summed E-state index contributed by atoms with van der Waals surface area (Å²) in [6.45, 7) is 0. The number of phenols is 2. The summed E-state index contributed by atoms with van der Waals surface area (Å²) in [6.07, 6.45) is 1.12. The SMILES string of the molecule is O=S(=O)(NN=Cc1cccc(O)c1O)c1ccc2ccccc2c1. The van der Waals surface area contributed by atoms with Crippen LogP contribution in [-0.2, 0) is 10.0 Å². The monoisotopic (exact) mass is 342 g/mol. The van der Waals surface area contributed by atoms with Crippen LogP contribution in [0, 0.1) is 0 Å². The van der Waals surface area contributed by atoms with E-state index >= 15 is 0 Å². The van der Waals surface area contributed by atoms with E-state index in [0.29, 0.717) is 0 Å². The van der Waals surface area contributed by atoms with Crippen LogP contribution in [0.3, 0.4) is 0 Å². The van der Waals surface area contributed by atoms with Crippen LogP contribution in [0.15, 0.2) is 70.7 Å². The number of fused-ring (bicyclic) bond motifs is 1. The van der Waals surface area contributed by atoms with Gasteiger partial charge in [-0.05, 0) is 35.0 Å². The molecular weight excluding hydrogens is 328 g/mol. The number of nitrogens with zero attached hydrogens (tertiary/aromatic N) is 1. The first-order valence-corrected chi connectivity index (χ1v) is 8.50. The molecular formula is C17H14N2O4S. The summed E-state index contributed by atoms with van der Waals surface area (Å²) in [5.74, 6) is -0.678. The van der Waals surface area contributed by atoms with Gasteiger partial charge in [0.15, 0.2) is 11.5 Å². The fraction of sp³-hybridized carbons (Fsp3) is 0. The van der Waals surface area contributed by atoms with Crippen LogP contribution >= 0.6 is 0 Å². The molecule has 24 heavy (non-hydrogen) atoms. The normalized spacial score (nSPS) is 11.8. The third kappa shape index (κ3) is 3.16. The van der Waals surface area contributed by atoms with Crippen molar-refractivity contribution in [2.24, 2.45) is 5.10 Å². The second-order valence-corrected chi connectivity index (χ2v) is 6.74. The topological polar surface area (TPSA) is 99.0 Å². The number of rotatable bonds is 4. The number of aromatic hydroxyl groups is 2. The zero-order chi connectivity index (χ0) is 17.2. The Bertz CT molecular complexity index is 1030. The maximum atomic E-state index is 12.3. The first-order chi connectivity index (χ1) is 11.5. The zero-order valence-electron chi connectivity index (χ0n) is 12.4. The quantitative estimate of drug-likeness (QED) is 0.385. The Morgan fingerprint density at radius 1 is 0.917 bits per heavy atom. The van der Waals surface area contributed by atoms with Crippen molar-refractivity contribution in [2.75, 3.05) is 0 Å². The third-order valence-corrected chi connectivity index (χ3v) is 4.67. The Balaban J connectivity index is 1.85. The molecule has 122 valence electrons. The predicted octanol–water partition coefficient (Wildman–Crippen LogP) is 2.56. The summed E-state index contributed by atoms with van der Waals surface area (Å²) >= 11 is 0. The Hall–Kier alpha value is -3.06. The van der Waals surface area contributed by atoms with Gasteiger partial charge in [-0.15, -0.1) is 0 Å². The number of para-hydroxylation sites is 1. The van der Waals surface area contributed by atoms with E-state index in [1.54, 1.807) is 12.1 Å². The number of benzene rings is 3. The van der Waals surface area contributed by atoms with Crippen LogP contribution in [0.1, 0.15) is 5.56 Å². The van der Waals surface area contributed by atoms with Gasteiger partial charge in [-0.2, -0.15) is 13.5 Å². The molecule has 6 nitrogen and oxygen atoms in total. The van der Waals surface area contributed by atoms with Crippen LogP contribution in [0.5, 0.6) is 11.5 Å². The minimum absolute atomic E-state index is 0.0819. The highest BCUT2D eigenvalue weighted by atomic mass is 32.2. The lowest BCUT2D eigenvalue weighted by molar-refractivity contribution is 0.403. The van der Waals surface area contributed by atoms with E-state index in [2.05, 4.69) is 9.93 Å². The van der Waals surface area contributed by atoms with Crippen molar-refractivity contribution < 1.29 is 18.6 Å². The number of sulfonamides is 1. The maximum absolute atomic E-state index is 12.3. The van der Waals surface area contributed by atoms with Gasteiger partial charge in [0.1, 0.15) is 0 Å². The molecule has 3 aromatic rings. The molecule has 0 saturated carbocycles. The van der Waals surface area contributed by atoms with Gasteiger partial charge in [-0.3, -0.25) is 0 Å². The molecule has 0 radical (unpaired) electrons. The summed E-state index contributed by atoms with van der Waals surface area (Å²) in [6, 6.07) is 16.5. The Morgan fingerprint density at radius 2 is 1.67 bits per heavy atom. The summed E-state index contributed by atoms with van der Waals surface area (Å²) in [5.41, 5.74) is 0.191. The fourth-order valence-corrected chi connectivity index (χ4v) is 3.03. The lowest BCUT2D eigenvalue weighted by atomic mass is 10.1. The molecule has 0 aliphatic rings. The van der Waals surface area contributed by atoms with Crippen molar-refractivity contribution in [2.45, 2.75) is 4.90 Å². The predicted molar refractivity (Wildman–Crippen MR) is 91.6 cm³/mol. The Labute approximate surface area is 138 Å². The molecule has 3 aromatic carbocycles. The second-order valence-electron chi connectivity index (χ2n) is 5.08. The Kier molecular flexibility index (Phi) is 4.09. The average molecular weight is 342 g/mol. The summed E-state index contributed by atoms with van der Waals surface area (Å²) in [5, 5.41) is 24.4. The van der Waals surface area contributed by atoms with Crippen molar-refractivity contribution in [3.8, 4) is 11.5 Å². The van der Waals surface area contributed by atoms with Crippen molar-refractivity contribution in [3.63, 3.8) is 0 Å². The number of hydrazone groups is 1. The molecule has 0 heterocycles. The molecule has 0 aliphatic carbocycles. The highest BCUT2D eigenvalue weighted by Crippen LogP contribution is 2.26. The lowest BCUT2D eigenvalue weighted by Crippen LogP contribution is -2.18. The van der Waals surface area contributed by atoms with Crippen LogP contribution in [0.25, 0.3) is 10.8 Å². The molecule has 3 N–H and O–H groups in total. The largest absolute Gasteiger partial charge is 0.504 e. The van der Waals surface area contributed by atoms with E-state index < -0.39 is 10.0 Å². The van der Waals surface area contributed by atoms with Crippen LogP contribution < -0.4 is 4.83 Å². The first kappa shape index (κ1) is 15.8. The van der Waals surface area contributed by atoms with Crippen molar-refractivity contribution in [1.29, 1.82) is 0 Å². The lowest BCUT2D eigenvalue weighted by Gasteiger charge is -2.05. The molecule has 0 spiro atoms. The molecule has 0 fully saturated rings. The molecule has 0 aromatic heterocycles. The minimum Gasteiger partial charge on any atom is -0.504 e. The van der Waals surface area contributed by atoms with Crippen LogP contribution in [-0.4, -0.2) is 24.8 Å². The van der Waals surface area contributed by atoms with E-state index in [0.717, 1.165) is 17.0 Å². The van der Waals surface area contributed by atoms with Gasteiger partial charge in [0.2, 0.25) is 0 Å². The van der Waals surface area contributed by atoms with E-state index in [9.17, 15) is 18.6 Å². The molecule has 0 amide bonds. The highest BCUT2D eigenvalue weighted by molar-refractivity contribution is 7.89. The number of hydrogen-bond donors (Lipinski definition) is 3. The molecule has 7 heteroatoms. The van der Waals surface area contributed by atoms with Crippen molar-refractivity contribution in [1.82, 2.24) is 4.83 Å². The highest BCUT2D eigenvalue weighted by Gasteiger charge is 2.13. The van der Waals surface area contributed by atoms with E-state index in [1.165, 1.54) is 24.3 Å². The van der Waals surface area contributed by atoms with Crippen LogP contribution in [0.2, 0.25) is 0 Å². The summed E-state index contributed by atoms with van der Waals surface area (Å²) in [4.78, 5) is 2.17. The van der Waals surface area contributed by atoms with Gasteiger partial charge < -0.3 is 10.2 Å². The van der Waals surface area contributed by atoms with Gasteiger partial charge >= 0.3 is 0 Å². The Morgan fingerprint density at radius 3 is 2.46 bits per heavy atom. The second kappa shape index (κ2) is 6.21. The maximum Gasteiger partial charge on any atom is 0.276 e. The first-order valence-electron chi connectivity index (χ1n) is 7.02.